The average molecular weight is 186 g/mol. The van der Waals surface area contributed by atoms with Crippen LogP contribution in [0, 0.1) is 13.8 Å². The molecular weight excluding hydrogens is 176 g/mol. The summed E-state index contributed by atoms with van der Waals surface area (Å²) in [4.78, 5) is 20.9. The van der Waals surface area contributed by atoms with Gasteiger partial charge in [0.2, 0.25) is 0 Å². The van der Waals surface area contributed by atoms with Gasteiger partial charge in [0.25, 0.3) is 0 Å². The van der Waals surface area contributed by atoms with Crippen LogP contribution >= 0.6 is 11.3 Å². The Balaban J connectivity index is 2.50. The van der Waals surface area contributed by atoms with Crippen LogP contribution in [0.15, 0.2) is 6.07 Å². The second-order valence-electron chi connectivity index (χ2n) is 2.39. The molecule has 4 heteroatoms. The maximum absolute atomic E-state index is 9.74. The Morgan fingerprint density at radius 2 is 2.33 bits per heavy atom. The number of hydrogen-bond donors (Lipinski definition) is 0. The number of hydrogen-bond acceptors (Lipinski definition) is 4. The average Bonchev–Trinajstić information content (AvgIpc) is 2.31. The Kier molecular flexibility index (Phi) is 3.25. The van der Waals surface area contributed by atoms with E-state index in [9.17, 15) is 4.79 Å². The van der Waals surface area contributed by atoms with Crippen LogP contribution in [0.5, 0.6) is 0 Å². The Labute approximate surface area is 74.8 Å². The molecule has 0 amide bonds. The zero-order valence-corrected chi connectivity index (χ0v) is 7.81. The van der Waals surface area contributed by atoms with E-state index in [1.165, 1.54) is 9.75 Å². The fourth-order valence-electron chi connectivity index (χ4n) is 0.952. The number of rotatable bonds is 4. The van der Waals surface area contributed by atoms with Crippen molar-refractivity contribution in [3.05, 3.63) is 21.4 Å². The van der Waals surface area contributed by atoms with Gasteiger partial charge in [0.15, 0.2) is 0 Å². The predicted molar refractivity (Wildman–Crippen MR) is 45.7 cm³/mol. The summed E-state index contributed by atoms with van der Waals surface area (Å²) in [6.07, 6.45) is 0. The van der Waals surface area contributed by atoms with Gasteiger partial charge < -0.3 is 4.89 Å². The zero-order valence-electron chi connectivity index (χ0n) is 6.99. The molecule has 0 spiro atoms. The van der Waals surface area contributed by atoms with Gasteiger partial charge in [0.05, 0.1) is 0 Å². The molecule has 3 nitrogen and oxygen atoms in total. The van der Waals surface area contributed by atoms with Crippen molar-refractivity contribution in [2.24, 2.45) is 0 Å². The second-order valence-corrected chi connectivity index (χ2v) is 3.85. The Morgan fingerprint density at radius 3 is 2.83 bits per heavy atom. The molecule has 0 unspecified atom stereocenters. The molecule has 0 N–H and O–H groups in total. The van der Waals surface area contributed by atoms with Crippen molar-refractivity contribution in [2.45, 2.75) is 20.5 Å². The third-order valence-electron chi connectivity index (χ3n) is 1.47. The molecule has 1 aromatic heterocycles. The lowest BCUT2D eigenvalue weighted by Crippen LogP contribution is -1.92. The molecule has 0 aromatic carbocycles. The van der Waals surface area contributed by atoms with Crippen molar-refractivity contribution in [1.82, 2.24) is 0 Å². The highest BCUT2D eigenvalue weighted by molar-refractivity contribution is 7.12. The van der Waals surface area contributed by atoms with Gasteiger partial charge in [-0.2, -0.15) is 4.89 Å². The van der Waals surface area contributed by atoms with E-state index in [2.05, 4.69) is 9.78 Å². The molecule has 66 valence electrons. The fourth-order valence-corrected chi connectivity index (χ4v) is 1.89. The van der Waals surface area contributed by atoms with Crippen LogP contribution in [0.3, 0.4) is 0 Å². The molecule has 1 heterocycles. The summed E-state index contributed by atoms with van der Waals surface area (Å²) in [5.74, 6) is 0. The number of carbonyl (C=O) groups excluding carboxylic acids is 1. The minimum Gasteiger partial charge on any atom is -0.301 e. The summed E-state index contributed by atoms with van der Waals surface area (Å²) in [6, 6.07) is 2.02. The first-order valence-electron chi connectivity index (χ1n) is 3.52. The standard InChI is InChI=1S/C8H10O3S/c1-6-3-8(7(2)12-6)4-10-11-5-9/h3,5H,4H2,1-2H3. The molecule has 0 radical (unpaired) electrons. The van der Waals surface area contributed by atoms with E-state index in [4.69, 9.17) is 0 Å². The van der Waals surface area contributed by atoms with E-state index in [0.717, 1.165) is 5.56 Å². The van der Waals surface area contributed by atoms with Crippen molar-refractivity contribution in [2.75, 3.05) is 0 Å². The van der Waals surface area contributed by atoms with Crippen molar-refractivity contribution >= 4 is 17.8 Å². The molecule has 0 aliphatic rings. The Bertz CT molecular complexity index is 267. The normalized spacial score (nSPS) is 9.83. The molecule has 0 saturated carbocycles. The highest BCUT2D eigenvalue weighted by atomic mass is 32.1. The van der Waals surface area contributed by atoms with Crippen molar-refractivity contribution in [3.8, 4) is 0 Å². The quantitative estimate of drug-likeness (QED) is 0.312. The van der Waals surface area contributed by atoms with Crippen LogP contribution in [-0.2, 0) is 21.2 Å². The smallest absolute Gasteiger partial charge is 0.301 e. The predicted octanol–water partition coefficient (Wildman–Crippen LogP) is 1.97. The second kappa shape index (κ2) is 4.23. The van der Waals surface area contributed by atoms with Crippen molar-refractivity contribution in [3.63, 3.8) is 0 Å². The van der Waals surface area contributed by atoms with Gasteiger partial charge in [-0.05, 0) is 25.5 Å². The minimum absolute atomic E-state index is 0.272. The van der Waals surface area contributed by atoms with Gasteiger partial charge in [-0.3, -0.25) is 4.79 Å². The summed E-state index contributed by atoms with van der Waals surface area (Å²) in [5, 5.41) is 0. The third-order valence-corrected chi connectivity index (χ3v) is 2.47. The molecule has 0 aliphatic heterocycles. The monoisotopic (exact) mass is 186 g/mol. The van der Waals surface area contributed by atoms with Crippen molar-refractivity contribution in [1.29, 1.82) is 0 Å². The van der Waals surface area contributed by atoms with Gasteiger partial charge in [-0.15, -0.1) is 11.3 Å². The Morgan fingerprint density at radius 1 is 1.58 bits per heavy atom. The van der Waals surface area contributed by atoms with Crippen LogP contribution < -0.4 is 0 Å². The van der Waals surface area contributed by atoms with Gasteiger partial charge in [0.1, 0.15) is 6.61 Å². The first-order valence-corrected chi connectivity index (χ1v) is 4.33. The fraction of sp³-hybridized carbons (Fsp3) is 0.375. The molecule has 1 rings (SSSR count). The van der Waals surface area contributed by atoms with Gasteiger partial charge in [-0.25, -0.2) is 0 Å². The summed E-state index contributed by atoms with van der Waals surface area (Å²) in [6.45, 7) is 4.64. The minimum atomic E-state index is 0.272. The molecule has 0 atom stereocenters. The van der Waals surface area contributed by atoms with Crippen LogP contribution in [0.4, 0.5) is 0 Å². The molecule has 12 heavy (non-hydrogen) atoms. The maximum Gasteiger partial charge on any atom is 0.330 e. The number of aryl methyl sites for hydroxylation is 2. The van der Waals surface area contributed by atoms with E-state index in [0.29, 0.717) is 6.61 Å². The van der Waals surface area contributed by atoms with E-state index >= 15 is 0 Å². The highest BCUT2D eigenvalue weighted by Gasteiger charge is 2.02. The summed E-state index contributed by atoms with van der Waals surface area (Å²) >= 11 is 1.70. The lowest BCUT2D eigenvalue weighted by Gasteiger charge is -1.96. The summed E-state index contributed by atoms with van der Waals surface area (Å²) in [5.41, 5.74) is 1.07. The van der Waals surface area contributed by atoms with Gasteiger partial charge in [-0.1, -0.05) is 0 Å². The molecular formula is C8H10O3S. The van der Waals surface area contributed by atoms with Crippen molar-refractivity contribution < 1.29 is 14.6 Å². The van der Waals surface area contributed by atoms with E-state index < -0.39 is 0 Å². The molecule has 0 aliphatic carbocycles. The lowest BCUT2D eigenvalue weighted by molar-refractivity contribution is -0.266. The number of thiophene rings is 1. The first kappa shape index (κ1) is 9.22. The van der Waals surface area contributed by atoms with Crippen LogP contribution in [-0.4, -0.2) is 6.47 Å². The van der Waals surface area contributed by atoms with Crippen LogP contribution in [0.25, 0.3) is 0 Å². The molecule has 0 fully saturated rings. The maximum atomic E-state index is 9.74. The summed E-state index contributed by atoms with van der Waals surface area (Å²) in [7, 11) is 0. The van der Waals surface area contributed by atoms with Crippen LogP contribution in [0.1, 0.15) is 15.3 Å². The third kappa shape index (κ3) is 2.32. The molecule has 0 saturated heterocycles. The SMILES string of the molecule is Cc1cc(COOC=O)c(C)s1. The van der Waals surface area contributed by atoms with E-state index in [1.54, 1.807) is 11.3 Å². The zero-order chi connectivity index (χ0) is 8.97. The summed E-state index contributed by atoms with van der Waals surface area (Å²) < 4.78 is 0. The largest absolute Gasteiger partial charge is 0.330 e. The lowest BCUT2D eigenvalue weighted by atomic mass is 10.3. The molecule has 0 bridgehead atoms. The number of carbonyl (C=O) groups is 1. The van der Waals surface area contributed by atoms with Crippen LogP contribution in [0.2, 0.25) is 0 Å². The topological polar surface area (TPSA) is 35.5 Å². The van der Waals surface area contributed by atoms with Gasteiger partial charge >= 0.3 is 6.47 Å². The highest BCUT2D eigenvalue weighted by Crippen LogP contribution is 2.20. The Hall–Kier alpha value is -0.870. The van der Waals surface area contributed by atoms with E-state index in [-0.39, 0.29) is 6.47 Å². The van der Waals surface area contributed by atoms with Gasteiger partial charge in [0, 0.05) is 9.75 Å². The first-order chi connectivity index (χ1) is 5.74. The molecule has 1 aromatic rings. The van der Waals surface area contributed by atoms with E-state index in [1.807, 2.05) is 19.9 Å².